The van der Waals surface area contributed by atoms with Gasteiger partial charge in [-0.2, -0.15) is 10.2 Å². The number of aryl methyl sites for hydroxylation is 1. The molecule has 1 aromatic heterocycles. The van der Waals surface area contributed by atoms with E-state index in [2.05, 4.69) is 21.4 Å². The van der Waals surface area contributed by atoms with E-state index in [1.165, 1.54) is 7.11 Å². The zero-order chi connectivity index (χ0) is 14.5. The van der Waals surface area contributed by atoms with Crippen molar-refractivity contribution in [3.05, 3.63) is 35.7 Å². The van der Waals surface area contributed by atoms with E-state index in [-0.39, 0.29) is 0 Å². The van der Waals surface area contributed by atoms with Gasteiger partial charge in [0.25, 0.3) is 0 Å². The maximum absolute atomic E-state index is 8.98. The molecule has 0 spiro atoms. The van der Waals surface area contributed by atoms with Crippen LogP contribution >= 0.6 is 0 Å². The Morgan fingerprint density at radius 3 is 2.55 bits per heavy atom. The van der Waals surface area contributed by atoms with Gasteiger partial charge < -0.3 is 14.8 Å². The minimum Gasteiger partial charge on any atom is -0.497 e. The van der Waals surface area contributed by atoms with Crippen LogP contribution < -0.4 is 14.8 Å². The van der Waals surface area contributed by atoms with Crippen LogP contribution in [-0.4, -0.2) is 24.1 Å². The van der Waals surface area contributed by atoms with Crippen molar-refractivity contribution in [2.24, 2.45) is 0 Å². The number of nitrogens with zero attached hydrogens (tertiary/aromatic N) is 3. The first-order valence-corrected chi connectivity index (χ1v) is 5.95. The second-order valence-corrected chi connectivity index (χ2v) is 4.00. The van der Waals surface area contributed by atoms with Crippen molar-refractivity contribution in [1.29, 1.82) is 5.26 Å². The summed E-state index contributed by atoms with van der Waals surface area (Å²) in [7, 11) is 3.30. The van der Waals surface area contributed by atoms with Crippen molar-refractivity contribution >= 4 is 5.82 Å². The molecule has 6 nitrogen and oxygen atoms in total. The molecule has 102 valence electrons. The standard InChI is InChI=1S/C14H14N4O2/c1-9-17-13(16-2)7-14(18-9)20-12-5-10(8-15)4-11(6-12)19-3/h4-7H,1-3H3,(H,16,17,18). The molecule has 6 heteroatoms. The molecule has 0 saturated heterocycles. The molecule has 0 radical (unpaired) electrons. The van der Waals surface area contributed by atoms with Gasteiger partial charge in [0.05, 0.1) is 18.7 Å². The number of anilines is 1. The highest BCUT2D eigenvalue weighted by Crippen LogP contribution is 2.27. The number of ether oxygens (including phenoxy) is 2. The van der Waals surface area contributed by atoms with Gasteiger partial charge in [-0.25, -0.2) is 4.98 Å². The second-order valence-electron chi connectivity index (χ2n) is 4.00. The number of nitrogens with one attached hydrogen (secondary N) is 1. The molecule has 0 fully saturated rings. The summed E-state index contributed by atoms with van der Waals surface area (Å²) >= 11 is 0. The molecule has 0 bridgehead atoms. The average Bonchev–Trinajstić information content (AvgIpc) is 2.46. The number of benzene rings is 1. The Morgan fingerprint density at radius 1 is 1.15 bits per heavy atom. The van der Waals surface area contributed by atoms with Gasteiger partial charge in [0.15, 0.2) is 0 Å². The molecule has 2 rings (SSSR count). The van der Waals surface area contributed by atoms with Crippen molar-refractivity contribution < 1.29 is 9.47 Å². The smallest absolute Gasteiger partial charge is 0.224 e. The molecule has 0 unspecified atom stereocenters. The first-order valence-electron chi connectivity index (χ1n) is 5.95. The topological polar surface area (TPSA) is 80.1 Å². The van der Waals surface area contributed by atoms with Gasteiger partial charge in [-0.15, -0.1) is 0 Å². The van der Waals surface area contributed by atoms with Crippen LogP contribution in [0.1, 0.15) is 11.4 Å². The first-order chi connectivity index (χ1) is 9.64. The molecule has 1 aromatic carbocycles. The van der Waals surface area contributed by atoms with E-state index >= 15 is 0 Å². The Balaban J connectivity index is 2.34. The van der Waals surface area contributed by atoms with Gasteiger partial charge in [-0.05, 0) is 19.1 Å². The Kier molecular flexibility index (Phi) is 4.01. The Bertz CT molecular complexity index is 665. The van der Waals surface area contributed by atoms with Crippen LogP contribution in [0.4, 0.5) is 5.82 Å². The van der Waals surface area contributed by atoms with Gasteiger partial charge >= 0.3 is 0 Å². The number of methoxy groups -OCH3 is 1. The molecule has 0 amide bonds. The number of hydrogen-bond donors (Lipinski definition) is 1. The lowest BCUT2D eigenvalue weighted by Crippen LogP contribution is -1.99. The minimum atomic E-state index is 0.402. The Morgan fingerprint density at radius 2 is 1.90 bits per heavy atom. The molecule has 2 aromatic rings. The predicted octanol–water partition coefficient (Wildman–Crippen LogP) is 2.50. The van der Waals surface area contributed by atoms with Gasteiger partial charge in [0, 0.05) is 19.2 Å². The predicted molar refractivity (Wildman–Crippen MR) is 74.1 cm³/mol. The van der Waals surface area contributed by atoms with Crippen LogP contribution in [0.2, 0.25) is 0 Å². The maximum Gasteiger partial charge on any atom is 0.224 e. The summed E-state index contributed by atoms with van der Waals surface area (Å²) in [6.45, 7) is 1.78. The van der Waals surface area contributed by atoms with Gasteiger partial charge in [0.1, 0.15) is 23.1 Å². The monoisotopic (exact) mass is 270 g/mol. The molecule has 0 aliphatic heterocycles. The fourth-order valence-electron chi connectivity index (χ4n) is 1.65. The highest BCUT2D eigenvalue weighted by atomic mass is 16.5. The largest absolute Gasteiger partial charge is 0.497 e. The fraction of sp³-hybridized carbons (Fsp3) is 0.214. The third-order valence-corrected chi connectivity index (χ3v) is 2.54. The third kappa shape index (κ3) is 3.14. The van der Waals surface area contributed by atoms with Crippen LogP contribution in [0, 0.1) is 18.3 Å². The Hall–Kier alpha value is -2.81. The van der Waals surface area contributed by atoms with Crippen LogP contribution in [0.25, 0.3) is 0 Å². The molecule has 0 aliphatic rings. The van der Waals surface area contributed by atoms with Crippen molar-refractivity contribution in [3.63, 3.8) is 0 Å². The van der Waals surface area contributed by atoms with Crippen molar-refractivity contribution in [1.82, 2.24) is 9.97 Å². The van der Waals surface area contributed by atoms with Crippen LogP contribution in [-0.2, 0) is 0 Å². The number of rotatable bonds is 4. The molecule has 0 atom stereocenters. The fourth-order valence-corrected chi connectivity index (χ4v) is 1.65. The normalized spacial score (nSPS) is 9.70. The van der Waals surface area contributed by atoms with E-state index in [0.717, 1.165) is 0 Å². The van der Waals surface area contributed by atoms with Crippen molar-refractivity contribution in [3.8, 4) is 23.4 Å². The summed E-state index contributed by atoms with van der Waals surface area (Å²) in [5.41, 5.74) is 0.457. The summed E-state index contributed by atoms with van der Waals surface area (Å²) in [6.07, 6.45) is 0. The molecule has 0 saturated carbocycles. The third-order valence-electron chi connectivity index (χ3n) is 2.54. The summed E-state index contributed by atoms with van der Waals surface area (Å²) < 4.78 is 10.8. The maximum atomic E-state index is 8.98. The zero-order valence-electron chi connectivity index (χ0n) is 11.5. The van der Waals surface area contributed by atoms with Crippen molar-refractivity contribution in [2.75, 3.05) is 19.5 Å². The molecule has 1 heterocycles. The summed E-state index contributed by atoms with van der Waals surface area (Å²) in [4.78, 5) is 8.37. The lowest BCUT2D eigenvalue weighted by atomic mass is 10.2. The molecular weight excluding hydrogens is 256 g/mol. The molecule has 0 aliphatic carbocycles. The van der Waals surface area contributed by atoms with Crippen LogP contribution in [0.5, 0.6) is 17.4 Å². The van der Waals surface area contributed by atoms with E-state index in [1.807, 2.05) is 0 Å². The molecule has 20 heavy (non-hydrogen) atoms. The van der Waals surface area contributed by atoms with E-state index in [0.29, 0.717) is 34.6 Å². The average molecular weight is 270 g/mol. The molecular formula is C14H14N4O2. The number of nitriles is 1. The van der Waals surface area contributed by atoms with E-state index < -0.39 is 0 Å². The summed E-state index contributed by atoms with van der Waals surface area (Å²) in [5.74, 6) is 2.70. The van der Waals surface area contributed by atoms with Crippen molar-refractivity contribution in [2.45, 2.75) is 6.92 Å². The molecule has 1 N–H and O–H groups in total. The quantitative estimate of drug-likeness (QED) is 0.919. The summed E-state index contributed by atoms with van der Waals surface area (Å²) in [6, 6.07) is 8.69. The van der Waals surface area contributed by atoms with E-state index in [1.54, 1.807) is 38.2 Å². The van der Waals surface area contributed by atoms with E-state index in [4.69, 9.17) is 14.7 Å². The van der Waals surface area contributed by atoms with Crippen LogP contribution in [0.3, 0.4) is 0 Å². The van der Waals surface area contributed by atoms with E-state index in [9.17, 15) is 0 Å². The minimum absolute atomic E-state index is 0.402. The van der Waals surface area contributed by atoms with Gasteiger partial charge in [-0.1, -0.05) is 0 Å². The number of hydrogen-bond acceptors (Lipinski definition) is 6. The van der Waals surface area contributed by atoms with Gasteiger partial charge in [0.2, 0.25) is 5.88 Å². The lowest BCUT2D eigenvalue weighted by Gasteiger charge is -2.09. The SMILES string of the molecule is CNc1cc(Oc2cc(C#N)cc(OC)c2)nc(C)n1. The zero-order valence-corrected chi connectivity index (χ0v) is 11.5. The Labute approximate surface area is 117 Å². The summed E-state index contributed by atoms with van der Waals surface area (Å²) in [5, 5.41) is 11.9. The lowest BCUT2D eigenvalue weighted by molar-refractivity contribution is 0.407. The second kappa shape index (κ2) is 5.89. The first kappa shape index (κ1) is 13.6. The highest BCUT2D eigenvalue weighted by Gasteiger charge is 2.06. The number of aromatic nitrogens is 2. The van der Waals surface area contributed by atoms with Gasteiger partial charge in [-0.3, -0.25) is 0 Å². The highest BCUT2D eigenvalue weighted by molar-refractivity contribution is 5.46. The van der Waals surface area contributed by atoms with Crippen LogP contribution in [0.15, 0.2) is 24.3 Å².